The number of para-hydroxylation sites is 1. The van der Waals surface area contributed by atoms with E-state index in [4.69, 9.17) is 0 Å². The van der Waals surface area contributed by atoms with Crippen LogP contribution in [0.25, 0.3) is 72.0 Å². The van der Waals surface area contributed by atoms with Crippen LogP contribution in [0.2, 0.25) is 0 Å². The van der Waals surface area contributed by atoms with Gasteiger partial charge in [-0.15, -0.1) is 0 Å². The number of rotatable bonds is 13. The van der Waals surface area contributed by atoms with Gasteiger partial charge in [-0.3, -0.25) is 0 Å². The minimum absolute atomic E-state index is 1.15. The van der Waals surface area contributed by atoms with E-state index in [0.29, 0.717) is 0 Å². The molecule has 0 N–H and O–H groups in total. The predicted molar refractivity (Wildman–Crippen MR) is 350 cm³/mol. The Balaban J connectivity index is 1.12. The van der Waals surface area contributed by atoms with E-state index in [0.717, 1.165) is 27.8 Å². The molecule has 0 atom stereocenters. The van der Waals surface area contributed by atoms with Crippen molar-refractivity contribution in [3.63, 3.8) is 0 Å². The third-order valence-electron chi connectivity index (χ3n) is 16.7. The van der Waals surface area contributed by atoms with Crippen LogP contribution >= 0.6 is 0 Å². The molecule has 0 spiro atoms. The first-order valence-electron chi connectivity index (χ1n) is 28.1. The Labute approximate surface area is 477 Å². The van der Waals surface area contributed by atoms with Crippen molar-refractivity contribution in [1.29, 1.82) is 0 Å². The minimum Gasteiger partial charge on any atom is -0.308 e. The van der Waals surface area contributed by atoms with Crippen LogP contribution in [0.15, 0.2) is 346 Å². The average molecular weight is 1060 g/mol. The van der Waals surface area contributed by atoms with E-state index in [1.165, 1.54) is 85.6 Å². The molecule has 1 aromatic heterocycles. The molecule has 0 aliphatic carbocycles. The van der Waals surface area contributed by atoms with Gasteiger partial charge in [-0.2, -0.15) is 0 Å². The summed E-state index contributed by atoms with van der Waals surface area (Å²) in [5.41, 5.74) is 12.9. The topological polar surface area (TPSA) is 4.93 Å². The van der Waals surface area contributed by atoms with Crippen molar-refractivity contribution < 1.29 is 0 Å². The maximum absolute atomic E-state index is 3.30. The lowest BCUT2D eigenvalue weighted by atomic mass is 9.95. The van der Waals surface area contributed by atoms with Crippen molar-refractivity contribution in [3.05, 3.63) is 346 Å². The van der Waals surface area contributed by atoms with E-state index in [2.05, 4.69) is 350 Å². The molecule has 0 aliphatic heterocycles. The number of nitrogens with zero attached hydrogens (tertiary/aromatic N) is 1. The summed E-state index contributed by atoms with van der Waals surface area (Å²) in [7, 11) is -6.19. The number of hydrogen-bond donors (Lipinski definition) is 0. The zero-order valence-corrected chi connectivity index (χ0v) is 46.9. The monoisotopic (exact) mass is 1060 g/mol. The number of aromatic nitrogens is 1. The van der Waals surface area contributed by atoms with Gasteiger partial charge in [0.2, 0.25) is 0 Å². The molecule has 13 aromatic carbocycles. The second-order valence-corrected chi connectivity index (χ2v) is 28.7. The second-order valence-electron chi connectivity index (χ2n) is 21.1. The van der Waals surface area contributed by atoms with E-state index in [1.807, 2.05) is 0 Å². The largest absolute Gasteiger partial charge is 0.308 e. The normalized spacial score (nSPS) is 11.7. The summed E-state index contributed by atoms with van der Waals surface area (Å²) >= 11 is 0. The molecule has 382 valence electrons. The fraction of sp³-hybridized carbons (Fsp3) is 0. The fourth-order valence-corrected chi connectivity index (χ4v) is 22.7. The highest BCUT2D eigenvalue weighted by molar-refractivity contribution is 7.20. The number of fused-ring (bicyclic) bond motifs is 3. The fourth-order valence-electron chi connectivity index (χ4n) is 13.1. The smallest absolute Gasteiger partial charge is 0.179 e. The van der Waals surface area contributed by atoms with Crippen LogP contribution in [0, 0.1) is 0 Å². The molecule has 81 heavy (non-hydrogen) atoms. The van der Waals surface area contributed by atoms with Crippen molar-refractivity contribution in [2.75, 3.05) is 0 Å². The number of benzene rings is 13. The van der Waals surface area contributed by atoms with Crippen LogP contribution in [-0.4, -0.2) is 20.7 Å². The van der Waals surface area contributed by atoms with Gasteiger partial charge in [0.1, 0.15) is 0 Å². The molecule has 0 saturated heterocycles. The van der Waals surface area contributed by atoms with Gasteiger partial charge >= 0.3 is 0 Å². The summed E-state index contributed by atoms with van der Waals surface area (Å²) in [5, 5.41) is 13.1. The van der Waals surface area contributed by atoms with Crippen LogP contribution in [0.3, 0.4) is 0 Å². The average Bonchev–Trinajstić information content (AvgIpc) is 3.98. The summed E-state index contributed by atoms with van der Waals surface area (Å²) < 4.78 is 2.59. The van der Waals surface area contributed by atoms with Gasteiger partial charge in [-0.05, 0) is 87.0 Å². The van der Waals surface area contributed by atoms with Crippen molar-refractivity contribution in [2.45, 2.75) is 0 Å². The highest BCUT2D eigenvalue weighted by Gasteiger charge is 2.44. The molecule has 0 bridgehead atoms. The van der Waals surface area contributed by atoms with Gasteiger partial charge in [0, 0.05) is 21.9 Å². The van der Waals surface area contributed by atoms with Crippen LogP contribution < -0.4 is 41.5 Å². The van der Waals surface area contributed by atoms with E-state index in [1.54, 1.807) is 0 Å². The van der Waals surface area contributed by atoms with Crippen molar-refractivity contribution in [3.8, 4) is 50.2 Å². The summed E-state index contributed by atoms with van der Waals surface area (Å²) in [6.07, 6.45) is 0. The second kappa shape index (κ2) is 21.4. The molecule has 0 unspecified atom stereocenters. The Hall–Kier alpha value is -9.91. The molecule has 0 saturated carbocycles. The zero-order valence-electron chi connectivity index (χ0n) is 44.9. The van der Waals surface area contributed by atoms with Crippen LogP contribution in [0.4, 0.5) is 0 Å². The first kappa shape index (κ1) is 49.4. The van der Waals surface area contributed by atoms with E-state index < -0.39 is 16.1 Å². The summed E-state index contributed by atoms with van der Waals surface area (Å²) in [4.78, 5) is 0. The summed E-state index contributed by atoms with van der Waals surface area (Å²) in [5.74, 6) is 0. The van der Waals surface area contributed by atoms with Crippen molar-refractivity contribution in [1.82, 2.24) is 4.57 Å². The SMILES string of the molecule is c1ccc(-c2cccc([Si](c3ccccc3)(c3cccc(-c4ccccc4)c3)c3cc(-c4ccccc4)c(-n4c5ccccc5c5cc([Si](c6ccccc6)(c6ccccc6)c6ccccc6)ccc54)c(-c4ccccc4)c3)c2)cc1. The standard InChI is InChI=1S/C78H57NSi2/c1-9-29-58(30-10-1)62-37-27-47-68(53-62)81(67-45-23-8-24-46-67,69-48-28-38-63(54-69)59-31-11-2-12-32-59)71-56-73(60-33-13-3-14-34-60)78(74(57-71)61-35-15-4-16-36-61)79-76-50-26-25-49-72(76)75-55-70(51-52-77(75)79)80(64-39-17-5-18-40-64,65-41-19-6-20-42-65)66-43-21-7-22-44-66/h1-57H. The third kappa shape index (κ3) is 8.63. The maximum Gasteiger partial charge on any atom is 0.179 e. The van der Waals surface area contributed by atoms with Crippen molar-refractivity contribution >= 4 is 79.4 Å². The van der Waals surface area contributed by atoms with E-state index in [9.17, 15) is 0 Å². The molecular formula is C78H57NSi2. The van der Waals surface area contributed by atoms with Gasteiger partial charge in [0.15, 0.2) is 16.1 Å². The number of hydrogen-bond acceptors (Lipinski definition) is 0. The van der Waals surface area contributed by atoms with Gasteiger partial charge in [-0.1, -0.05) is 334 Å². The molecule has 14 rings (SSSR count). The minimum atomic E-state index is -3.30. The summed E-state index contributed by atoms with van der Waals surface area (Å²) in [6.45, 7) is 0. The molecule has 14 aromatic rings. The predicted octanol–water partition coefficient (Wildman–Crippen LogP) is 14.2. The van der Waals surface area contributed by atoms with Crippen LogP contribution in [0.1, 0.15) is 0 Å². The molecular weight excluding hydrogens is 1010 g/mol. The molecule has 1 heterocycles. The molecule has 0 amide bonds. The lowest BCUT2D eigenvalue weighted by molar-refractivity contribution is 1.18. The Bertz CT molecular complexity index is 4230. The van der Waals surface area contributed by atoms with Crippen molar-refractivity contribution in [2.24, 2.45) is 0 Å². The van der Waals surface area contributed by atoms with Gasteiger partial charge < -0.3 is 4.57 Å². The highest BCUT2D eigenvalue weighted by atomic mass is 28.3. The van der Waals surface area contributed by atoms with Crippen LogP contribution in [0.5, 0.6) is 0 Å². The van der Waals surface area contributed by atoms with Crippen LogP contribution in [-0.2, 0) is 0 Å². The Kier molecular flexibility index (Phi) is 13.0. The Morgan fingerprint density at radius 3 is 0.914 bits per heavy atom. The van der Waals surface area contributed by atoms with E-state index >= 15 is 0 Å². The molecule has 0 fully saturated rings. The van der Waals surface area contributed by atoms with Gasteiger partial charge in [0.25, 0.3) is 0 Å². The molecule has 3 heteroatoms. The quantitative estimate of drug-likeness (QED) is 0.0801. The molecule has 1 nitrogen and oxygen atoms in total. The zero-order chi connectivity index (χ0) is 54.0. The summed E-state index contributed by atoms with van der Waals surface area (Å²) in [6, 6.07) is 130. The molecule has 0 aliphatic rings. The maximum atomic E-state index is 2.59. The van der Waals surface area contributed by atoms with E-state index in [-0.39, 0.29) is 0 Å². The molecule has 0 radical (unpaired) electrons. The Morgan fingerprint density at radius 2 is 0.494 bits per heavy atom. The first-order chi connectivity index (χ1) is 40.2. The van der Waals surface area contributed by atoms with Gasteiger partial charge in [0.05, 0.1) is 16.7 Å². The highest BCUT2D eigenvalue weighted by Crippen LogP contribution is 2.42. The lowest BCUT2D eigenvalue weighted by Gasteiger charge is -2.36. The first-order valence-corrected chi connectivity index (χ1v) is 32.1. The Morgan fingerprint density at radius 1 is 0.185 bits per heavy atom. The third-order valence-corrected chi connectivity index (χ3v) is 26.2. The van der Waals surface area contributed by atoms with Gasteiger partial charge in [-0.25, -0.2) is 0 Å². The lowest BCUT2D eigenvalue weighted by Crippen LogP contribution is -2.74.